The first-order valence-corrected chi connectivity index (χ1v) is 12.9. The van der Waals surface area contributed by atoms with Crippen molar-refractivity contribution in [3.05, 3.63) is 124 Å². The van der Waals surface area contributed by atoms with E-state index in [1.165, 1.54) is 4.31 Å². The zero-order valence-electron chi connectivity index (χ0n) is 19.4. The number of hydrogen-bond acceptors (Lipinski definition) is 3. The third-order valence-corrected chi connectivity index (χ3v) is 7.65. The summed E-state index contributed by atoms with van der Waals surface area (Å²) < 4.78 is 29.0. The lowest BCUT2D eigenvalue weighted by molar-refractivity contribution is 0.102. The summed E-state index contributed by atoms with van der Waals surface area (Å²) in [5, 5.41) is 3.37. The molecule has 0 fully saturated rings. The zero-order valence-corrected chi connectivity index (χ0v) is 21.0. The first-order chi connectivity index (χ1) is 16.8. The van der Waals surface area contributed by atoms with Gasteiger partial charge >= 0.3 is 0 Å². The van der Waals surface area contributed by atoms with E-state index in [0.717, 1.165) is 16.7 Å². The quantitative estimate of drug-likeness (QED) is 0.308. The van der Waals surface area contributed by atoms with Crippen molar-refractivity contribution >= 4 is 38.9 Å². The maximum Gasteiger partial charge on any atom is 0.264 e. The predicted molar refractivity (Wildman–Crippen MR) is 142 cm³/mol. The molecule has 4 aromatic carbocycles. The van der Waals surface area contributed by atoms with Gasteiger partial charge in [-0.3, -0.25) is 9.10 Å². The lowest BCUT2D eigenvalue weighted by atomic mass is 10.1. The number of nitrogens with one attached hydrogen (secondary N) is 1. The summed E-state index contributed by atoms with van der Waals surface area (Å²) in [7, 11) is -3.98. The Bertz CT molecular complexity index is 1450. The van der Waals surface area contributed by atoms with Crippen molar-refractivity contribution in [3.8, 4) is 0 Å². The standard InChI is InChI=1S/C28H25ClN2O3S/c1-20-12-16-24(17-13-20)35(33,34)31(19-22-8-4-3-5-9-22)27-11-7-6-10-25(27)28(32)30-26-18-23(29)15-14-21(26)2/h3-18H,19H2,1-2H3,(H,30,32). The Morgan fingerprint density at radius 2 is 1.51 bits per heavy atom. The smallest absolute Gasteiger partial charge is 0.264 e. The fraction of sp³-hybridized carbons (Fsp3) is 0.107. The van der Waals surface area contributed by atoms with Crippen LogP contribution >= 0.6 is 11.6 Å². The molecule has 4 aromatic rings. The minimum atomic E-state index is -3.98. The van der Waals surface area contributed by atoms with Crippen LogP contribution in [0.2, 0.25) is 5.02 Å². The van der Waals surface area contributed by atoms with Gasteiger partial charge in [0.2, 0.25) is 0 Å². The van der Waals surface area contributed by atoms with Crippen molar-refractivity contribution in [1.29, 1.82) is 0 Å². The van der Waals surface area contributed by atoms with Crippen LogP contribution in [0.3, 0.4) is 0 Å². The summed E-state index contributed by atoms with van der Waals surface area (Å²) in [6, 6.07) is 27.9. The second kappa shape index (κ2) is 10.3. The lowest BCUT2D eigenvalue weighted by Gasteiger charge is -2.27. The molecule has 0 bridgehead atoms. The van der Waals surface area contributed by atoms with Crippen molar-refractivity contribution in [1.82, 2.24) is 0 Å². The molecule has 1 amide bonds. The van der Waals surface area contributed by atoms with Crippen LogP contribution in [-0.2, 0) is 16.6 Å². The van der Waals surface area contributed by atoms with E-state index in [-0.39, 0.29) is 22.7 Å². The summed E-state index contributed by atoms with van der Waals surface area (Å²) in [6.45, 7) is 3.83. The molecule has 0 saturated heterocycles. The minimum Gasteiger partial charge on any atom is -0.322 e. The zero-order chi connectivity index (χ0) is 25.0. The average molecular weight is 505 g/mol. The highest BCUT2D eigenvalue weighted by Crippen LogP contribution is 2.30. The number of rotatable bonds is 7. The normalized spacial score (nSPS) is 11.2. The first kappa shape index (κ1) is 24.5. The van der Waals surface area contributed by atoms with Crippen molar-refractivity contribution in [2.75, 3.05) is 9.62 Å². The monoisotopic (exact) mass is 504 g/mol. The van der Waals surface area contributed by atoms with Crippen LogP contribution in [-0.4, -0.2) is 14.3 Å². The van der Waals surface area contributed by atoms with Gasteiger partial charge in [0.05, 0.1) is 22.7 Å². The summed E-state index contributed by atoms with van der Waals surface area (Å²) >= 11 is 6.12. The Hall–Kier alpha value is -3.61. The van der Waals surface area contributed by atoms with E-state index in [2.05, 4.69) is 5.32 Å². The largest absolute Gasteiger partial charge is 0.322 e. The van der Waals surface area contributed by atoms with Crippen molar-refractivity contribution < 1.29 is 13.2 Å². The van der Waals surface area contributed by atoms with Crippen molar-refractivity contribution in [2.45, 2.75) is 25.3 Å². The van der Waals surface area contributed by atoms with Crippen LogP contribution in [0.25, 0.3) is 0 Å². The number of carbonyl (C=O) groups excluding carboxylic acids is 1. The number of anilines is 2. The molecule has 35 heavy (non-hydrogen) atoms. The fourth-order valence-corrected chi connectivity index (χ4v) is 5.33. The summed E-state index contributed by atoms with van der Waals surface area (Å²) in [4.78, 5) is 13.5. The highest BCUT2D eigenvalue weighted by Gasteiger charge is 2.28. The molecule has 0 atom stereocenters. The van der Waals surface area contributed by atoms with Gasteiger partial charge in [0.25, 0.3) is 15.9 Å². The minimum absolute atomic E-state index is 0.0670. The highest BCUT2D eigenvalue weighted by atomic mass is 35.5. The number of carbonyl (C=O) groups is 1. The van der Waals surface area contributed by atoms with Crippen LogP contribution in [0.15, 0.2) is 102 Å². The molecule has 0 spiro atoms. The Balaban J connectivity index is 1.80. The SMILES string of the molecule is Cc1ccc(S(=O)(=O)N(Cc2ccccc2)c2ccccc2C(=O)Nc2cc(Cl)ccc2C)cc1. The summed E-state index contributed by atoms with van der Waals surface area (Å²) in [5.74, 6) is -0.428. The summed E-state index contributed by atoms with van der Waals surface area (Å²) in [6.07, 6.45) is 0. The van der Waals surface area contributed by atoms with Crippen LogP contribution < -0.4 is 9.62 Å². The Labute approximate surface area is 211 Å². The molecule has 4 rings (SSSR count). The van der Waals surface area contributed by atoms with E-state index in [0.29, 0.717) is 10.7 Å². The number of sulfonamides is 1. The highest BCUT2D eigenvalue weighted by molar-refractivity contribution is 7.92. The third-order valence-electron chi connectivity index (χ3n) is 5.64. The molecular weight excluding hydrogens is 480 g/mol. The molecular formula is C28H25ClN2O3S. The van der Waals surface area contributed by atoms with Gasteiger partial charge in [0.1, 0.15) is 0 Å². The number of amides is 1. The molecule has 0 unspecified atom stereocenters. The van der Waals surface area contributed by atoms with E-state index >= 15 is 0 Å². The van der Waals surface area contributed by atoms with E-state index in [1.807, 2.05) is 50.2 Å². The molecule has 0 saturated carbocycles. The molecule has 5 nitrogen and oxygen atoms in total. The molecule has 0 radical (unpaired) electrons. The van der Waals surface area contributed by atoms with Gasteiger partial charge in [-0.15, -0.1) is 0 Å². The van der Waals surface area contributed by atoms with Gasteiger partial charge < -0.3 is 5.32 Å². The lowest BCUT2D eigenvalue weighted by Crippen LogP contribution is -2.32. The van der Waals surface area contributed by atoms with Gasteiger partial charge in [-0.1, -0.05) is 77.8 Å². The Morgan fingerprint density at radius 1 is 0.857 bits per heavy atom. The fourth-order valence-electron chi connectivity index (χ4n) is 3.69. The molecule has 0 aliphatic carbocycles. The van der Waals surface area contributed by atoms with Crippen LogP contribution in [0.4, 0.5) is 11.4 Å². The average Bonchev–Trinajstić information content (AvgIpc) is 2.85. The number of halogens is 1. The van der Waals surface area contributed by atoms with Gasteiger partial charge in [-0.2, -0.15) is 0 Å². The number of aryl methyl sites for hydroxylation is 2. The van der Waals surface area contributed by atoms with Gasteiger partial charge in [0, 0.05) is 10.7 Å². The molecule has 178 valence electrons. The molecule has 7 heteroatoms. The topological polar surface area (TPSA) is 66.5 Å². The second-order valence-electron chi connectivity index (χ2n) is 8.24. The molecule has 0 aromatic heterocycles. The molecule has 0 heterocycles. The van der Waals surface area contributed by atoms with E-state index in [9.17, 15) is 13.2 Å². The van der Waals surface area contributed by atoms with E-state index in [4.69, 9.17) is 11.6 Å². The van der Waals surface area contributed by atoms with Gasteiger partial charge in [-0.05, 0) is 61.4 Å². The van der Waals surface area contributed by atoms with Gasteiger partial charge in [0.15, 0.2) is 0 Å². The maximum atomic E-state index is 13.9. The van der Waals surface area contributed by atoms with Crippen molar-refractivity contribution in [2.24, 2.45) is 0 Å². The van der Waals surface area contributed by atoms with E-state index in [1.54, 1.807) is 60.7 Å². The molecule has 0 aliphatic rings. The first-order valence-electron chi connectivity index (χ1n) is 11.1. The van der Waals surface area contributed by atoms with Crippen LogP contribution in [0.5, 0.6) is 0 Å². The third kappa shape index (κ3) is 5.56. The summed E-state index contributed by atoms with van der Waals surface area (Å²) in [5.41, 5.74) is 3.67. The molecule has 1 N–H and O–H groups in total. The van der Waals surface area contributed by atoms with Crippen LogP contribution in [0, 0.1) is 13.8 Å². The maximum absolute atomic E-state index is 13.9. The Morgan fingerprint density at radius 3 is 2.23 bits per heavy atom. The number of benzene rings is 4. The Kier molecular flexibility index (Phi) is 7.24. The number of nitrogens with zero attached hydrogens (tertiary/aromatic N) is 1. The number of para-hydroxylation sites is 1. The second-order valence-corrected chi connectivity index (χ2v) is 10.5. The number of hydrogen-bond donors (Lipinski definition) is 1. The predicted octanol–water partition coefficient (Wildman–Crippen LogP) is 6.60. The molecule has 0 aliphatic heterocycles. The van der Waals surface area contributed by atoms with E-state index < -0.39 is 15.9 Å². The van der Waals surface area contributed by atoms with Crippen LogP contribution in [0.1, 0.15) is 27.0 Å². The van der Waals surface area contributed by atoms with Crippen molar-refractivity contribution in [3.63, 3.8) is 0 Å². The van der Waals surface area contributed by atoms with Gasteiger partial charge in [-0.25, -0.2) is 8.42 Å².